The molecule has 10 heteroatoms. The van der Waals surface area contributed by atoms with Gasteiger partial charge in [0.1, 0.15) is 23.2 Å². The minimum atomic E-state index is -0.869. The van der Waals surface area contributed by atoms with Crippen molar-refractivity contribution in [1.82, 2.24) is 24.5 Å². The zero-order chi connectivity index (χ0) is 24.1. The van der Waals surface area contributed by atoms with E-state index in [2.05, 4.69) is 30.9 Å². The van der Waals surface area contributed by atoms with E-state index in [0.717, 1.165) is 25.5 Å². The fraction of sp³-hybridized carbons (Fsp3) is 0.280. The molecular weight excluding hydrogens is 449 g/mol. The second-order valence-corrected chi connectivity index (χ2v) is 8.92. The summed E-state index contributed by atoms with van der Waals surface area (Å²) in [5.41, 5.74) is 2.48. The number of fused-ring (bicyclic) bond motifs is 3. The summed E-state index contributed by atoms with van der Waals surface area (Å²) in [5.74, 6) is 0.538. The third-order valence-electron chi connectivity index (χ3n) is 6.88. The monoisotopic (exact) mass is 471 g/mol. The molecule has 4 aromatic rings. The zero-order valence-electron chi connectivity index (χ0n) is 19.0. The average Bonchev–Trinajstić information content (AvgIpc) is 3.21. The topological polar surface area (TPSA) is 103 Å². The Kier molecular flexibility index (Phi) is 5.00. The summed E-state index contributed by atoms with van der Waals surface area (Å²) in [6.45, 7) is 2.63. The summed E-state index contributed by atoms with van der Waals surface area (Å²) >= 11 is 0. The zero-order valence-corrected chi connectivity index (χ0v) is 19.0. The summed E-state index contributed by atoms with van der Waals surface area (Å²) in [5, 5.41) is 23.2. The minimum absolute atomic E-state index is 0.0770. The van der Waals surface area contributed by atoms with Crippen LogP contribution >= 0.6 is 0 Å². The maximum Gasteiger partial charge on any atom is 0.251 e. The summed E-state index contributed by atoms with van der Waals surface area (Å²) in [6.07, 6.45) is 6.01. The molecule has 0 radical (unpaired) electrons. The summed E-state index contributed by atoms with van der Waals surface area (Å²) in [7, 11) is 1.61. The minimum Gasteiger partial charge on any atom is -0.506 e. The van der Waals surface area contributed by atoms with Crippen LogP contribution in [0.3, 0.4) is 0 Å². The third-order valence-corrected chi connectivity index (χ3v) is 6.88. The van der Waals surface area contributed by atoms with E-state index in [1.165, 1.54) is 28.8 Å². The van der Waals surface area contributed by atoms with E-state index in [1.807, 2.05) is 30.5 Å². The molecule has 3 aliphatic rings. The number of aromatic nitrogens is 4. The first-order chi connectivity index (χ1) is 17.0. The normalized spacial score (nSPS) is 19.4. The molecule has 1 N–H and O–H groups in total. The van der Waals surface area contributed by atoms with Crippen LogP contribution in [0.1, 0.15) is 17.5 Å². The molecule has 7 heterocycles. The molecule has 3 aliphatic heterocycles. The number of halogens is 1. The van der Waals surface area contributed by atoms with Crippen LogP contribution < -0.4 is 9.64 Å². The highest BCUT2D eigenvalue weighted by Crippen LogP contribution is 2.36. The largest absolute Gasteiger partial charge is 0.506 e. The Bertz CT molecular complexity index is 1430. The number of nitrogens with zero attached hydrogens (tertiary/aromatic N) is 7. The number of ether oxygens (including phenoxy) is 1. The first kappa shape index (κ1) is 21.3. The number of anilines is 1. The Labute approximate surface area is 200 Å². The Balaban J connectivity index is 1.20. The van der Waals surface area contributed by atoms with E-state index < -0.39 is 5.95 Å². The number of piperidine rings is 1. The van der Waals surface area contributed by atoms with Gasteiger partial charge in [-0.1, -0.05) is 6.07 Å². The number of rotatable bonds is 5. The third kappa shape index (κ3) is 3.61. The van der Waals surface area contributed by atoms with Crippen molar-refractivity contribution in [3.05, 3.63) is 66.0 Å². The van der Waals surface area contributed by atoms with Crippen LogP contribution in [0.25, 0.3) is 16.6 Å². The van der Waals surface area contributed by atoms with Crippen molar-refractivity contribution in [2.45, 2.75) is 25.0 Å². The van der Waals surface area contributed by atoms with Gasteiger partial charge in [0.2, 0.25) is 5.88 Å². The lowest BCUT2D eigenvalue weighted by Crippen LogP contribution is -2.68. The first-order valence-electron chi connectivity index (χ1n) is 11.3. The molecule has 9 nitrogen and oxygen atoms in total. The lowest BCUT2D eigenvalue weighted by Gasteiger charge is -2.56. The van der Waals surface area contributed by atoms with E-state index in [-0.39, 0.29) is 11.3 Å². The van der Waals surface area contributed by atoms with E-state index in [1.54, 1.807) is 13.3 Å². The quantitative estimate of drug-likeness (QED) is 0.474. The predicted molar refractivity (Wildman–Crippen MR) is 125 cm³/mol. The van der Waals surface area contributed by atoms with Crippen molar-refractivity contribution in [3.8, 4) is 28.8 Å². The van der Waals surface area contributed by atoms with Gasteiger partial charge in [-0.2, -0.15) is 9.65 Å². The van der Waals surface area contributed by atoms with Crippen molar-refractivity contribution in [2.24, 2.45) is 0 Å². The molecule has 3 fully saturated rings. The molecular formula is C25H22FN7O2. The molecule has 0 aromatic carbocycles. The number of aromatic hydroxyl groups is 1. The molecule has 176 valence electrons. The van der Waals surface area contributed by atoms with Crippen LogP contribution in [0, 0.1) is 17.3 Å². The Hall–Kier alpha value is -4.23. The molecule has 7 rings (SSSR count). The van der Waals surface area contributed by atoms with Crippen LogP contribution in [0.2, 0.25) is 0 Å². The van der Waals surface area contributed by atoms with Crippen molar-refractivity contribution in [2.75, 3.05) is 25.1 Å². The van der Waals surface area contributed by atoms with Gasteiger partial charge in [-0.25, -0.2) is 14.5 Å². The van der Waals surface area contributed by atoms with Gasteiger partial charge in [-0.05, 0) is 30.2 Å². The summed E-state index contributed by atoms with van der Waals surface area (Å²) in [4.78, 5) is 13.8. The van der Waals surface area contributed by atoms with Crippen LogP contribution in [0.15, 0.2) is 48.9 Å². The number of pyridine rings is 3. The molecule has 0 amide bonds. The maximum atomic E-state index is 14.1. The van der Waals surface area contributed by atoms with Gasteiger partial charge in [0, 0.05) is 61.3 Å². The molecule has 0 spiro atoms. The van der Waals surface area contributed by atoms with Gasteiger partial charge in [0.15, 0.2) is 0 Å². The lowest BCUT2D eigenvalue weighted by molar-refractivity contribution is -0.00876. The first-order valence-corrected chi connectivity index (χ1v) is 11.3. The Morgan fingerprint density at radius 1 is 1.17 bits per heavy atom. The second kappa shape index (κ2) is 8.21. The maximum absolute atomic E-state index is 14.1. The highest BCUT2D eigenvalue weighted by Gasteiger charge is 2.44. The molecule has 0 aliphatic carbocycles. The van der Waals surface area contributed by atoms with Crippen LogP contribution in [-0.2, 0) is 6.54 Å². The molecule has 2 bridgehead atoms. The number of methoxy groups -OCH3 is 1. The molecule has 3 saturated heterocycles. The van der Waals surface area contributed by atoms with Crippen molar-refractivity contribution in [3.63, 3.8) is 0 Å². The standard InChI is InChI=1S/C25H22FN7O2/c1-35-23-5-2-15(9-29-23)11-32-17-6-18(32)13-31(12-17)22-4-3-16(10-28-22)20-7-19(34)14-33-24(20)21(8-27)25(26)30-33/h2-5,7,9-10,14,17-18,34H,6,11-13H2,1H3. The van der Waals surface area contributed by atoms with Crippen LogP contribution in [0.5, 0.6) is 11.6 Å². The fourth-order valence-electron chi connectivity index (χ4n) is 5.16. The molecule has 2 unspecified atom stereocenters. The van der Waals surface area contributed by atoms with Gasteiger partial charge in [0.25, 0.3) is 5.95 Å². The number of hydrogen-bond acceptors (Lipinski definition) is 8. The fourth-order valence-corrected chi connectivity index (χ4v) is 5.16. The smallest absolute Gasteiger partial charge is 0.251 e. The van der Waals surface area contributed by atoms with Gasteiger partial charge < -0.3 is 14.7 Å². The summed E-state index contributed by atoms with van der Waals surface area (Å²) < 4.78 is 20.4. The highest BCUT2D eigenvalue weighted by atomic mass is 19.1. The van der Waals surface area contributed by atoms with E-state index in [0.29, 0.717) is 34.6 Å². The molecule has 2 atom stereocenters. The predicted octanol–water partition coefficient (Wildman–Crippen LogP) is 2.98. The van der Waals surface area contributed by atoms with E-state index in [4.69, 9.17) is 4.74 Å². The van der Waals surface area contributed by atoms with E-state index in [9.17, 15) is 14.8 Å². The molecule has 35 heavy (non-hydrogen) atoms. The molecule has 4 aromatic heterocycles. The van der Waals surface area contributed by atoms with Gasteiger partial charge in [-0.3, -0.25) is 4.90 Å². The second-order valence-electron chi connectivity index (χ2n) is 8.92. The van der Waals surface area contributed by atoms with Crippen molar-refractivity contribution < 1.29 is 14.2 Å². The van der Waals surface area contributed by atoms with Gasteiger partial charge >= 0.3 is 0 Å². The van der Waals surface area contributed by atoms with Crippen LogP contribution in [-0.4, -0.2) is 61.9 Å². The van der Waals surface area contributed by atoms with Gasteiger partial charge in [0.05, 0.1) is 18.8 Å². The SMILES string of the molecule is COc1ccc(CN2C3CC2CN(c2ccc(-c4cc(O)cn5nc(F)c(C#N)c45)cn2)C3)cn1. The Morgan fingerprint density at radius 3 is 2.66 bits per heavy atom. The lowest BCUT2D eigenvalue weighted by atomic mass is 9.87. The van der Waals surface area contributed by atoms with Gasteiger partial charge in [-0.15, -0.1) is 5.10 Å². The number of hydrogen-bond donors (Lipinski definition) is 1. The van der Waals surface area contributed by atoms with Crippen LogP contribution in [0.4, 0.5) is 10.2 Å². The van der Waals surface area contributed by atoms with Crippen molar-refractivity contribution >= 4 is 11.3 Å². The van der Waals surface area contributed by atoms with Crippen molar-refractivity contribution in [1.29, 1.82) is 5.26 Å². The number of nitriles is 1. The Morgan fingerprint density at radius 2 is 2.00 bits per heavy atom. The van der Waals surface area contributed by atoms with E-state index >= 15 is 0 Å². The highest BCUT2D eigenvalue weighted by molar-refractivity contribution is 5.85. The molecule has 0 saturated carbocycles. The number of piperazine rings is 1. The summed E-state index contributed by atoms with van der Waals surface area (Å²) in [6, 6.07) is 12.0. The average molecular weight is 471 g/mol.